The number of amides is 1. The Balaban J connectivity index is 0.965. The maximum atomic E-state index is 13.7. The zero-order valence-corrected chi connectivity index (χ0v) is 38.3. The van der Waals surface area contributed by atoms with Gasteiger partial charge in [-0.3, -0.25) is 28.5 Å². The van der Waals surface area contributed by atoms with Gasteiger partial charge in [0.1, 0.15) is 66.1 Å². The Labute approximate surface area is 392 Å². The molecule has 0 aliphatic carbocycles. The van der Waals surface area contributed by atoms with Gasteiger partial charge >= 0.3 is 23.3 Å². The van der Waals surface area contributed by atoms with E-state index in [2.05, 4.69) is 30.6 Å². The summed E-state index contributed by atoms with van der Waals surface area (Å²) < 4.78 is 36.3. The minimum atomic E-state index is -1.22. The van der Waals surface area contributed by atoms with Gasteiger partial charge < -0.3 is 39.1 Å². The molecule has 2 saturated heterocycles. The number of ether oxygens (including phenoxy) is 6. The minimum absolute atomic E-state index is 0.0725. The molecule has 0 unspecified atom stereocenters. The molecule has 0 bridgehead atoms. The zero-order chi connectivity index (χ0) is 48.4. The number of aromatic amines is 1. The third-order valence-electron chi connectivity index (χ3n) is 11.4. The summed E-state index contributed by atoms with van der Waals surface area (Å²) in [4.78, 5) is 85.6. The number of nitrogens with one attached hydrogen (secondary N) is 3. The van der Waals surface area contributed by atoms with Gasteiger partial charge in [-0.15, -0.1) is 11.8 Å². The molecule has 4 heterocycles. The number of aromatic nitrogens is 4. The molecule has 6 atom stereocenters. The van der Waals surface area contributed by atoms with Crippen molar-refractivity contribution >= 4 is 35.4 Å². The maximum absolute atomic E-state index is 13.7. The van der Waals surface area contributed by atoms with Crippen LogP contribution in [0.15, 0.2) is 117 Å². The van der Waals surface area contributed by atoms with Crippen LogP contribution < -0.4 is 37.0 Å². The van der Waals surface area contributed by atoms with Crippen molar-refractivity contribution in [2.75, 3.05) is 38.5 Å². The maximum Gasteiger partial charge on any atom is 0.351 e. The minimum Gasteiger partial charge on any atom is -0.497 e. The predicted molar refractivity (Wildman–Crippen MR) is 247 cm³/mol. The highest BCUT2D eigenvalue weighted by Gasteiger charge is 2.39. The molecule has 3 aromatic carbocycles. The van der Waals surface area contributed by atoms with Crippen LogP contribution in [0.3, 0.4) is 0 Å². The number of benzene rings is 3. The summed E-state index contributed by atoms with van der Waals surface area (Å²) in [5.74, 6) is -0.143. The molecule has 2 aromatic heterocycles. The molecule has 21 nitrogen and oxygen atoms in total. The van der Waals surface area contributed by atoms with Crippen LogP contribution in [0.1, 0.15) is 60.9 Å². The van der Waals surface area contributed by atoms with E-state index in [1.165, 1.54) is 36.4 Å². The number of hydrogen-bond donors (Lipinski definition) is 3. The van der Waals surface area contributed by atoms with Gasteiger partial charge in [-0.25, -0.2) is 14.4 Å². The Morgan fingerprint density at radius 2 is 1.57 bits per heavy atom. The number of azide groups is 1. The fourth-order valence-corrected chi connectivity index (χ4v) is 8.92. The van der Waals surface area contributed by atoms with E-state index in [1.54, 1.807) is 26.5 Å². The first-order valence-corrected chi connectivity index (χ1v) is 22.5. The van der Waals surface area contributed by atoms with Crippen LogP contribution in [-0.4, -0.2) is 93.8 Å². The Hall–Kier alpha value is -7.39. The topological polar surface area (TPSA) is 269 Å². The molecule has 2 aliphatic heterocycles. The van der Waals surface area contributed by atoms with Crippen LogP contribution in [-0.2, 0) is 38.9 Å². The van der Waals surface area contributed by atoms with Crippen LogP contribution in [0.5, 0.6) is 11.5 Å². The lowest BCUT2D eigenvalue weighted by atomic mass is 9.77. The van der Waals surface area contributed by atoms with E-state index in [-0.39, 0.29) is 38.0 Å². The van der Waals surface area contributed by atoms with Crippen molar-refractivity contribution in [3.05, 3.63) is 161 Å². The Kier molecular flexibility index (Phi) is 15.7. The number of H-pyrrole nitrogens is 1. The zero-order valence-electron chi connectivity index (χ0n) is 37.4. The van der Waals surface area contributed by atoms with Crippen molar-refractivity contribution in [3.63, 3.8) is 0 Å². The molecular formula is C46H49N9O12S. The number of nitrogens with zero attached hydrogens (tertiary/aromatic N) is 6. The Bertz CT molecular complexity index is 2770. The van der Waals surface area contributed by atoms with Gasteiger partial charge in [0.2, 0.25) is 5.91 Å². The summed E-state index contributed by atoms with van der Waals surface area (Å²) >= 11 is 1.31. The lowest BCUT2D eigenvalue weighted by Crippen LogP contribution is -2.42. The van der Waals surface area contributed by atoms with Crippen LogP contribution in [0.2, 0.25) is 0 Å². The summed E-state index contributed by atoms with van der Waals surface area (Å²) in [6.45, 7) is 2.15. The van der Waals surface area contributed by atoms with Gasteiger partial charge in [-0.2, -0.15) is 4.98 Å². The van der Waals surface area contributed by atoms with Crippen LogP contribution >= 0.6 is 11.8 Å². The number of methoxy groups -OCH3 is 2. The summed E-state index contributed by atoms with van der Waals surface area (Å²) in [7, 11) is 3.19. The largest absolute Gasteiger partial charge is 0.497 e. The summed E-state index contributed by atoms with van der Waals surface area (Å²) in [5, 5.41) is 9.80. The highest BCUT2D eigenvalue weighted by molar-refractivity contribution is 8.00. The molecule has 0 saturated carbocycles. The first-order chi connectivity index (χ1) is 32.8. The molecule has 356 valence electrons. The number of hydrogen-bond acceptors (Lipinski definition) is 16. The van der Waals surface area contributed by atoms with Crippen LogP contribution in [0, 0.1) is 6.92 Å². The number of anilines is 1. The monoisotopic (exact) mass is 951 g/mol. The Morgan fingerprint density at radius 3 is 2.19 bits per heavy atom. The molecule has 2 aliphatic rings. The standard InChI is InChI=1S/C46H49N9O12S/c1-27-23-55(45(61)50-42(27)58)38-22-35(52-53-47)36(66-38)24-64-40(57)19-18-34(48-28(2)56)43(59)65-25-41-67-39(26-68-41)54-21-20-37(49-44(54)60)51-46(29-8-6-5-7-9-29,30-10-14-32(62-3)15-11-30)31-12-16-33(63-4)17-13-31/h5-17,20-21,23,34-36,38-39,41H,18-19,22,24-26H2,1-4H3,(H,48,56)(H,49,51,60)(H,50,58,61)/t34-,35-,36+,38+,39-,41+/m0/s1. The first kappa shape index (κ1) is 48.5. The third kappa shape index (κ3) is 11.2. The second-order valence-corrected chi connectivity index (χ2v) is 17.0. The van der Waals surface area contributed by atoms with Gasteiger partial charge in [0.05, 0.1) is 20.3 Å². The van der Waals surface area contributed by atoms with E-state index in [4.69, 9.17) is 34.0 Å². The van der Waals surface area contributed by atoms with Gasteiger partial charge in [0.15, 0.2) is 0 Å². The summed E-state index contributed by atoms with van der Waals surface area (Å²) in [6, 6.07) is 24.7. The van der Waals surface area contributed by atoms with E-state index in [1.807, 2.05) is 78.9 Å². The average molecular weight is 952 g/mol. The van der Waals surface area contributed by atoms with Crippen LogP contribution in [0.4, 0.5) is 5.82 Å². The van der Waals surface area contributed by atoms with Gasteiger partial charge in [0, 0.05) is 48.4 Å². The van der Waals surface area contributed by atoms with E-state index < -0.39 is 76.4 Å². The molecule has 22 heteroatoms. The van der Waals surface area contributed by atoms with Crippen molar-refractivity contribution in [1.82, 2.24) is 24.4 Å². The highest BCUT2D eigenvalue weighted by atomic mass is 32.2. The molecule has 68 heavy (non-hydrogen) atoms. The number of carbonyl (C=O) groups is 3. The highest BCUT2D eigenvalue weighted by Crippen LogP contribution is 2.41. The molecule has 2 fully saturated rings. The normalized spacial score (nSPS) is 19.3. The second-order valence-electron chi connectivity index (χ2n) is 15.8. The van der Waals surface area contributed by atoms with E-state index in [0.717, 1.165) is 21.3 Å². The van der Waals surface area contributed by atoms with E-state index in [9.17, 15) is 28.8 Å². The van der Waals surface area contributed by atoms with Crippen molar-refractivity contribution < 1.29 is 42.8 Å². The van der Waals surface area contributed by atoms with Crippen molar-refractivity contribution in [1.29, 1.82) is 0 Å². The summed E-state index contributed by atoms with van der Waals surface area (Å²) in [6.07, 6.45) is -0.0802. The fraction of sp³-hybridized carbons (Fsp3) is 0.370. The average Bonchev–Trinajstić information content (AvgIpc) is 3.99. The number of esters is 2. The van der Waals surface area contributed by atoms with Gasteiger partial charge in [-0.1, -0.05) is 59.7 Å². The van der Waals surface area contributed by atoms with Crippen molar-refractivity contribution in [3.8, 4) is 11.5 Å². The molecular weight excluding hydrogens is 903 g/mol. The van der Waals surface area contributed by atoms with Crippen LogP contribution in [0.25, 0.3) is 10.4 Å². The predicted octanol–water partition coefficient (Wildman–Crippen LogP) is 4.45. The molecule has 0 spiro atoms. The number of aryl methyl sites for hydroxylation is 1. The second kappa shape index (κ2) is 21.9. The first-order valence-electron chi connectivity index (χ1n) is 21.4. The molecule has 1 amide bonds. The lowest BCUT2D eigenvalue weighted by Gasteiger charge is -2.37. The van der Waals surface area contributed by atoms with Crippen molar-refractivity contribution in [2.45, 2.75) is 74.7 Å². The number of thioether (sulfide) groups is 1. The smallest absolute Gasteiger partial charge is 0.351 e. The molecule has 5 aromatic rings. The van der Waals surface area contributed by atoms with Crippen molar-refractivity contribution in [2.24, 2.45) is 5.11 Å². The third-order valence-corrected chi connectivity index (χ3v) is 12.5. The number of carbonyl (C=O) groups excluding carboxylic acids is 3. The van der Waals surface area contributed by atoms with E-state index >= 15 is 0 Å². The Morgan fingerprint density at radius 1 is 0.912 bits per heavy atom. The molecule has 7 rings (SSSR count). The summed E-state index contributed by atoms with van der Waals surface area (Å²) in [5.41, 5.74) is 8.36. The molecule has 3 N–H and O–H groups in total. The fourth-order valence-electron chi connectivity index (χ4n) is 7.94. The number of rotatable bonds is 19. The van der Waals surface area contributed by atoms with Gasteiger partial charge in [-0.05, 0) is 65.9 Å². The SMILES string of the molecule is COc1ccc(C(Nc2ccn([C@@H]3CS[C@H](COC(=O)[C@H](CCC(=O)OC[C@H]4O[C@@H](n5cc(C)c(=O)[nH]c5=O)C[C@@H]4N=[N+]=[N-])NC(C)=O)O3)c(=O)n2)(c2ccccc2)c2ccc(OC)cc2)cc1. The quantitative estimate of drug-likeness (QED) is 0.0339. The van der Waals surface area contributed by atoms with E-state index in [0.29, 0.717) is 23.1 Å². The lowest BCUT2D eigenvalue weighted by molar-refractivity contribution is -0.152. The van der Waals surface area contributed by atoms with Gasteiger partial charge in [0.25, 0.3) is 5.56 Å². The molecule has 0 radical (unpaired) electrons.